The lowest BCUT2D eigenvalue weighted by Gasteiger charge is -2.05. The Morgan fingerprint density at radius 2 is 1.61 bits per heavy atom. The molecular formula is C21H23NO5S. The lowest BCUT2D eigenvalue weighted by atomic mass is 10.1. The lowest BCUT2D eigenvalue weighted by Crippen LogP contribution is -2.13. The summed E-state index contributed by atoms with van der Waals surface area (Å²) in [5.74, 6) is -1.54. The van der Waals surface area contributed by atoms with Crippen LogP contribution in [-0.2, 0) is 14.3 Å². The van der Waals surface area contributed by atoms with Crippen LogP contribution in [0.3, 0.4) is 0 Å². The second-order valence-corrected chi connectivity index (χ2v) is 6.96. The van der Waals surface area contributed by atoms with Gasteiger partial charge in [0.15, 0.2) is 0 Å². The summed E-state index contributed by atoms with van der Waals surface area (Å²) >= 11 is 0.999. The van der Waals surface area contributed by atoms with E-state index in [0.29, 0.717) is 5.56 Å². The summed E-state index contributed by atoms with van der Waals surface area (Å²) in [7, 11) is 0. The highest BCUT2D eigenvalue weighted by Crippen LogP contribution is 2.34. The molecule has 0 spiro atoms. The van der Waals surface area contributed by atoms with Gasteiger partial charge in [-0.1, -0.05) is 29.8 Å². The maximum Gasteiger partial charge on any atom is 0.348 e. The van der Waals surface area contributed by atoms with E-state index in [2.05, 4.69) is 5.32 Å². The summed E-state index contributed by atoms with van der Waals surface area (Å²) in [5.41, 5.74) is 2.61. The number of amides is 1. The molecule has 1 heterocycles. The van der Waals surface area contributed by atoms with Crippen molar-refractivity contribution in [3.8, 4) is 0 Å². The molecule has 1 aromatic carbocycles. The fourth-order valence-electron chi connectivity index (χ4n) is 2.44. The van der Waals surface area contributed by atoms with Gasteiger partial charge in [-0.15, -0.1) is 11.3 Å². The van der Waals surface area contributed by atoms with Gasteiger partial charge >= 0.3 is 11.9 Å². The molecule has 0 aliphatic rings. The van der Waals surface area contributed by atoms with Crippen LogP contribution in [0.1, 0.15) is 50.6 Å². The molecule has 0 saturated heterocycles. The maximum absolute atomic E-state index is 12.3. The van der Waals surface area contributed by atoms with Gasteiger partial charge in [-0.3, -0.25) is 4.79 Å². The molecule has 0 aliphatic heterocycles. The number of hydrogen-bond donors (Lipinski definition) is 1. The Bertz CT molecular complexity index is 896. The molecule has 0 radical (unpaired) electrons. The highest BCUT2D eigenvalue weighted by molar-refractivity contribution is 7.18. The number of anilines is 1. The molecule has 2 aromatic rings. The van der Waals surface area contributed by atoms with E-state index in [1.807, 2.05) is 31.2 Å². The van der Waals surface area contributed by atoms with E-state index in [-0.39, 0.29) is 28.7 Å². The summed E-state index contributed by atoms with van der Waals surface area (Å²) in [6, 6.07) is 7.70. The third-order valence-corrected chi connectivity index (χ3v) is 5.02. The minimum Gasteiger partial charge on any atom is -0.462 e. The lowest BCUT2D eigenvalue weighted by molar-refractivity contribution is -0.111. The van der Waals surface area contributed by atoms with Crippen LogP contribution in [0.25, 0.3) is 6.08 Å². The number of esters is 2. The number of thiophene rings is 1. The van der Waals surface area contributed by atoms with Crippen LogP contribution in [0, 0.1) is 13.8 Å². The molecule has 2 rings (SSSR count). The summed E-state index contributed by atoms with van der Waals surface area (Å²) in [6.07, 6.45) is 3.05. The summed E-state index contributed by atoms with van der Waals surface area (Å²) < 4.78 is 10.1. The Labute approximate surface area is 168 Å². The topological polar surface area (TPSA) is 81.7 Å². The zero-order valence-corrected chi connectivity index (χ0v) is 17.1. The fraction of sp³-hybridized carbons (Fsp3) is 0.286. The third kappa shape index (κ3) is 5.29. The first-order valence-corrected chi connectivity index (χ1v) is 9.72. The van der Waals surface area contributed by atoms with E-state index in [0.717, 1.165) is 22.5 Å². The molecule has 0 bridgehead atoms. The van der Waals surface area contributed by atoms with Gasteiger partial charge in [0.2, 0.25) is 5.91 Å². The average molecular weight is 401 g/mol. The summed E-state index contributed by atoms with van der Waals surface area (Å²) in [5, 5.41) is 2.94. The van der Waals surface area contributed by atoms with E-state index >= 15 is 0 Å². The smallest absolute Gasteiger partial charge is 0.348 e. The molecule has 0 fully saturated rings. The van der Waals surface area contributed by atoms with E-state index < -0.39 is 17.8 Å². The summed E-state index contributed by atoms with van der Waals surface area (Å²) in [6.45, 7) is 7.40. The summed E-state index contributed by atoms with van der Waals surface area (Å²) in [4.78, 5) is 37.1. The minimum absolute atomic E-state index is 0.173. The van der Waals surface area contributed by atoms with Crippen molar-refractivity contribution in [2.45, 2.75) is 27.7 Å². The number of hydrogen-bond acceptors (Lipinski definition) is 6. The maximum atomic E-state index is 12.3. The number of carbonyl (C=O) groups excluding carboxylic acids is 3. The van der Waals surface area contributed by atoms with Crippen LogP contribution in [0.5, 0.6) is 0 Å². The first-order valence-electron chi connectivity index (χ1n) is 8.90. The molecular weight excluding hydrogens is 378 g/mol. The molecule has 6 nitrogen and oxygen atoms in total. The van der Waals surface area contributed by atoms with Gasteiger partial charge in [0.1, 0.15) is 9.88 Å². The second-order valence-electron chi connectivity index (χ2n) is 5.93. The number of nitrogens with one attached hydrogen (secondary N) is 1. The molecule has 1 N–H and O–H groups in total. The number of benzene rings is 1. The van der Waals surface area contributed by atoms with Gasteiger partial charge in [-0.05, 0) is 44.9 Å². The Hall–Kier alpha value is -2.93. The predicted molar refractivity (Wildman–Crippen MR) is 110 cm³/mol. The highest BCUT2D eigenvalue weighted by atomic mass is 32.1. The number of ether oxygens (including phenoxy) is 2. The van der Waals surface area contributed by atoms with Crippen molar-refractivity contribution >= 4 is 40.3 Å². The van der Waals surface area contributed by atoms with Crippen molar-refractivity contribution in [1.29, 1.82) is 0 Å². The average Bonchev–Trinajstić information content (AvgIpc) is 2.97. The van der Waals surface area contributed by atoms with Crippen molar-refractivity contribution < 1.29 is 23.9 Å². The number of rotatable bonds is 7. The number of aryl methyl sites for hydroxylation is 1. The standard InChI is InChI=1S/C21H23NO5S/c1-5-26-20(24)17-14(4)18(21(25)27-6-2)28-19(17)22-16(23)12-11-15-9-7-13(3)8-10-15/h7-12H,5-6H2,1-4H3,(H,22,23)/b12-11+. The van der Waals surface area contributed by atoms with Crippen molar-refractivity contribution in [1.82, 2.24) is 0 Å². The van der Waals surface area contributed by atoms with E-state index in [1.165, 1.54) is 6.08 Å². The van der Waals surface area contributed by atoms with Gasteiger partial charge in [0.05, 0.1) is 18.8 Å². The molecule has 7 heteroatoms. The van der Waals surface area contributed by atoms with Gasteiger partial charge in [-0.2, -0.15) is 0 Å². The van der Waals surface area contributed by atoms with Crippen molar-refractivity contribution in [3.05, 3.63) is 57.5 Å². The first kappa shape index (κ1) is 21.4. The Kier molecular flexibility index (Phi) is 7.52. The highest BCUT2D eigenvalue weighted by Gasteiger charge is 2.26. The SMILES string of the molecule is CCOC(=O)c1sc(NC(=O)/C=C/c2ccc(C)cc2)c(C(=O)OCC)c1C. The van der Waals surface area contributed by atoms with Crippen molar-refractivity contribution in [3.63, 3.8) is 0 Å². The van der Waals surface area contributed by atoms with Crippen LogP contribution in [0.2, 0.25) is 0 Å². The molecule has 0 atom stereocenters. The number of carbonyl (C=O) groups is 3. The fourth-order valence-corrected chi connectivity index (χ4v) is 3.54. The Morgan fingerprint density at radius 1 is 1.00 bits per heavy atom. The molecule has 148 valence electrons. The molecule has 0 unspecified atom stereocenters. The van der Waals surface area contributed by atoms with E-state index in [1.54, 1.807) is 26.8 Å². The Balaban J connectivity index is 2.28. The van der Waals surface area contributed by atoms with Gasteiger partial charge in [0, 0.05) is 6.08 Å². The monoisotopic (exact) mass is 401 g/mol. The third-order valence-electron chi connectivity index (χ3n) is 3.83. The normalized spacial score (nSPS) is 10.7. The molecule has 28 heavy (non-hydrogen) atoms. The first-order chi connectivity index (χ1) is 13.4. The van der Waals surface area contributed by atoms with Crippen molar-refractivity contribution in [2.24, 2.45) is 0 Å². The molecule has 1 aromatic heterocycles. The van der Waals surface area contributed by atoms with Crippen LogP contribution in [-0.4, -0.2) is 31.1 Å². The van der Waals surface area contributed by atoms with Crippen LogP contribution in [0.4, 0.5) is 5.00 Å². The zero-order valence-electron chi connectivity index (χ0n) is 16.3. The van der Waals surface area contributed by atoms with Crippen LogP contribution in [0.15, 0.2) is 30.3 Å². The van der Waals surface area contributed by atoms with Crippen LogP contribution >= 0.6 is 11.3 Å². The molecule has 0 saturated carbocycles. The largest absolute Gasteiger partial charge is 0.462 e. The van der Waals surface area contributed by atoms with Crippen LogP contribution < -0.4 is 5.32 Å². The van der Waals surface area contributed by atoms with Crippen molar-refractivity contribution in [2.75, 3.05) is 18.5 Å². The van der Waals surface area contributed by atoms with E-state index in [4.69, 9.17) is 9.47 Å². The molecule has 1 amide bonds. The zero-order chi connectivity index (χ0) is 20.7. The molecule has 0 aliphatic carbocycles. The van der Waals surface area contributed by atoms with Gasteiger partial charge < -0.3 is 14.8 Å². The van der Waals surface area contributed by atoms with E-state index in [9.17, 15) is 14.4 Å². The predicted octanol–water partition coefficient (Wildman–Crippen LogP) is 4.37. The Morgan fingerprint density at radius 3 is 2.21 bits per heavy atom. The minimum atomic E-state index is -0.593. The quantitative estimate of drug-likeness (QED) is 0.550. The van der Waals surface area contributed by atoms with Gasteiger partial charge in [-0.25, -0.2) is 9.59 Å². The second kappa shape index (κ2) is 9.85. The van der Waals surface area contributed by atoms with Gasteiger partial charge in [0.25, 0.3) is 0 Å².